The summed E-state index contributed by atoms with van der Waals surface area (Å²) in [6.45, 7) is 0. The Kier molecular flexibility index (Phi) is 3.68. The summed E-state index contributed by atoms with van der Waals surface area (Å²) in [4.78, 5) is 3.95. The molecule has 1 aromatic carbocycles. The van der Waals surface area contributed by atoms with E-state index in [1.807, 2.05) is 0 Å². The topological polar surface area (TPSA) is 38.9 Å². The molecule has 0 atom stereocenters. The van der Waals surface area contributed by atoms with Crippen LogP contribution in [0.5, 0.6) is 0 Å². The van der Waals surface area contributed by atoms with Gasteiger partial charge >= 0.3 is 0 Å². The molecule has 16 heavy (non-hydrogen) atoms. The number of nitrogens with zero attached hydrogens (tertiary/aromatic N) is 1. The number of halogens is 2. The third-order valence-corrected chi connectivity index (χ3v) is 4.31. The molecule has 0 aliphatic heterocycles. The first-order chi connectivity index (χ1) is 7.65. The molecular weight excluding hydrogens is 267 g/mol. The maximum absolute atomic E-state index is 12.8. The maximum Gasteiger partial charge on any atom is 0.181 e. The van der Waals surface area contributed by atoms with Crippen LogP contribution in [0, 0.1) is 5.82 Å². The molecule has 1 aromatic heterocycles. The lowest BCUT2D eigenvalue weighted by Gasteiger charge is -2.02. The Hall–Kier alpha value is -0.780. The largest absolute Gasteiger partial charge is 0.375 e. The van der Waals surface area contributed by atoms with Gasteiger partial charge in [-0.1, -0.05) is 29.0 Å². The summed E-state index contributed by atoms with van der Waals surface area (Å²) in [5.74, 6) is 0.363. The summed E-state index contributed by atoms with van der Waals surface area (Å²) in [6.07, 6.45) is 1.72. The highest BCUT2D eigenvalue weighted by molar-refractivity contribution is 8.00. The van der Waals surface area contributed by atoms with Crippen LogP contribution in [0.2, 0.25) is 5.02 Å². The molecule has 84 valence electrons. The van der Waals surface area contributed by atoms with Crippen molar-refractivity contribution in [3.8, 4) is 0 Å². The van der Waals surface area contributed by atoms with E-state index < -0.39 is 0 Å². The Balaban J connectivity index is 2.04. The molecule has 6 heteroatoms. The van der Waals surface area contributed by atoms with Crippen molar-refractivity contribution < 1.29 is 4.39 Å². The molecule has 2 aromatic rings. The molecule has 0 saturated heterocycles. The lowest BCUT2D eigenvalue weighted by molar-refractivity contribution is 0.627. The predicted molar refractivity (Wildman–Crippen MR) is 67.5 cm³/mol. The molecule has 0 aliphatic carbocycles. The van der Waals surface area contributed by atoms with Crippen LogP contribution in [0.25, 0.3) is 0 Å². The van der Waals surface area contributed by atoms with E-state index in [-0.39, 0.29) is 5.82 Å². The Morgan fingerprint density at radius 2 is 2.31 bits per heavy atom. The minimum atomic E-state index is -0.319. The van der Waals surface area contributed by atoms with Crippen LogP contribution < -0.4 is 5.73 Å². The van der Waals surface area contributed by atoms with Crippen molar-refractivity contribution in [1.29, 1.82) is 0 Å². The van der Waals surface area contributed by atoms with Crippen molar-refractivity contribution in [1.82, 2.24) is 4.98 Å². The van der Waals surface area contributed by atoms with Gasteiger partial charge in [0.05, 0.1) is 10.4 Å². The van der Waals surface area contributed by atoms with Crippen molar-refractivity contribution in [2.75, 3.05) is 5.73 Å². The number of nitrogen functional groups attached to an aromatic ring is 1. The lowest BCUT2D eigenvalue weighted by atomic mass is 10.2. The number of thiazole rings is 1. The van der Waals surface area contributed by atoms with E-state index in [1.54, 1.807) is 24.0 Å². The first kappa shape index (κ1) is 11.7. The zero-order chi connectivity index (χ0) is 11.5. The molecule has 2 rings (SSSR count). The smallest absolute Gasteiger partial charge is 0.181 e. The predicted octanol–water partition coefficient (Wildman–Crippen LogP) is 3.81. The number of hydrogen-bond donors (Lipinski definition) is 1. The van der Waals surface area contributed by atoms with Gasteiger partial charge in [0.1, 0.15) is 5.82 Å². The number of thioether (sulfide) groups is 1. The van der Waals surface area contributed by atoms with Crippen LogP contribution in [0.15, 0.2) is 28.6 Å². The summed E-state index contributed by atoms with van der Waals surface area (Å²) in [7, 11) is 0. The Morgan fingerprint density at radius 3 is 2.94 bits per heavy atom. The minimum Gasteiger partial charge on any atom is -0.375 e. The SMILES string of the molecule is Nc1ncc(SCc2ccc(F)cc2Cl)s1. The van der Waals surface area contributed by atoms with Gasteiger partial charge in [0.15, 0.2) is 5.13 Å². The molecule has 0 aliphatic rings. The first-order valence-electron chi connectivity index (χ1n) is 4.43. The van der Waals surface area contributed by atoms with E-state index in [0.717, 1.165) is 9.77 Å². The Morgan fingerprint density at radius 1 is 1.50 bits per heavy atom. The molecule has 0 spiro atoms. The van der Waals surface area contributed by atoms with Gasteiger partial charge < -0.3 is 5.73 Å². The molecule has 2 N–H and O–H groups in total. The van der Waals surface area contributed by atoms with Gasteiger partial charge in [-0.3, -0.25) is 0 Å². The fraction of sp³-hybridized carbons (Fsp3) is 0.100. The number of hydrogen-bond acceptors (Lipinski definition) is 4. The second-order valence-electron chi connectivity index (χ2n) is 3.04. The summed E-state index contributed by atoms with van der Waals surface area (Å²) in [6, 6.07) is 4.41. The van der Waals surface area contributed by atoms with E-state index in [2.05, 4.69) is 4.98 Å². The molecule has 0 bridgehead atoms. The van der Waals surface area contributed by atoms with Gasteiger partial charge in [-0.25, -0.2) is 9.37 Å². The third kappa shape index (κ3) is 2.87. The molecule has 0 amide bonds. The molecular formula is C10H8ClFN2S2. The summed E-state index contributed by atoms with van der Waals surface area (Å²) in [5, 5.41) is 0.998. The van der Waals surface area contributed by atoms with E-state index in [0.29, 0.717) is 15.9 Å². The Bertz CT molecular complexity index is 501. The second kappa shape index (κ2) is 5.03. The number of rotatable bonds is 3. The van der Waals surface area contributed by atoms with E-state index in [1.165, 1.54) is 23.5 Å². The highest BCUT2D eigenvalue weighted by atomic mass is 35.5. The number of benzene rings is 1. The monoisotopic (exact) mass is 274 g/mol. The van der Waals surface area contributed by atoms with Crippen molar-refractivity contribution >= 4 is 39.8 Å². The quantitative estimate of drug-likeness (QED) is 0.865. The summed E-state index contributed by atoms with van der Waals surface area (Å²) in [5.41, 5.74) is 6.42. The average molecular weight is 275 g/mol. The fourth-order valence-corrected chi connectivity index (χ4v) is 3.20. The standard InChI is InChI=1S/C10H8ClFN2S2/c11-8-3-7(12)2-1-6(8)5-15-9-4-14-10(13)16-9/h1-4H,5H2,(H2,13,14). The van der Waals surface area contributed by atoms with Crippen molar-refractivity contribution in [2.24, 2.45) is 0 Å². The third-order valence-electron chi connectivity index (χ3n) is 1.89. The van der Waals surface area contributed by atoms with Crippen molar-refractivity contribution in [3.63, 3.8) is 0 Å². The zero-order valence-electron chi connectivity index (χ0n) is 8.11. The molecule has 0 saturated carbocycles. The number of nitrogens with two attached hydrogens (primary N) is 1. The maximum atomic E-state index is 12.8. The molecule has 0 radical (unpaired) electrons. The van der Waals surface area contributed by atoms with Crippen LogP contribution >= 0.6 is 34.7 Å². The molecule has 2 nitrogen and oxygen atoms in total. The average Bonchev–Trinajstić information content (AvgIpc) is 2.63. The van der Waals surface area contributed by atoms with Gasteiger partial charge in [-0.05, 0) is 17.7 Å². The van der Waals surface area contributed by atoms with Crippen LogP contribution in [0.4, 0.5) is 9.52 Å². The van der Waals surface area contributed by atoms with E-state index in [9.17, 15) is 4.39 Å². The molecule has 0 unspecified atom stereocenters. The van der Waals surface area contributed by atoms with Crippen LogP contribution in [-0.4, -0.2) is 4.98 Å². The van der Waals surface area contributed by atoms with E-state index in [4.69, 9.17) is 17.3 Å². The van der Waals surface area contributed by atoms with Crippen LogP contribution in [0.3, 0.4) is 0 Å². The number of aromatic nitrogens is 1. The highest BCUT2D eigenvalue weighted by Crippen LogP contribution is 2.31. The zero-order valence-corrected chi connectivity index (χ0v) is 10.5. The second-order valence-corrected chi connectivity index (χ2v) is 5.79. The van der Waals surface area contributed by atoms with Crippen LogP contribution in [-0.2, 0) is 5.75 Å². The van der Waals surface area contributed by atoms with Gasteiger partial charge in [0.2, 0.25) is 0 Å². The van der Waals surface area contributed by atoms with E-state index >= 15 is 0 Å². The molecule has 0 fully saturated rings. The highest BCUT2D eigenvalue weighted by Gasteiger charge is 2.04. The number of anilines is 1. The Labute approximate surface area is 106 Å². The van der Waals surface area contributed by atoms with Gasteiger partial charge in [-0.15, -0.1) is 11.8 Å². The summed E-state index contributed by atoms with van der Waals surface area (Å²) < 4.78 is 13.8. The summed E-state index contributed by atoms with van der Waals surface area (Å²) >= 11 is 8.92. The fourth-order valence-electron chi connectivity index (χ4n) is 1.13. The minimum absolute atomic E-state index is 0.319. The normalized spacial score (nSPS) is 10.6. The lowest BCUT2D eigenvalue weighted by Crippen LogP contribution is -1.83. The van der Waals surface area contributed by atoms with Gasteiger partial charge in [0.25, 0.3) is 0 Å². The van der Waals surface area contributed by atoms with Crippen molar-refractivity contribution in [3.05, 3.63) is 40.8 Å². The van der Waals surface area contributed by atoms with Gasteiger partial charge in [-0.2, -0.15) is 0 Å². The van der Waals surface area contributed by atoms with Crippen LogP contribution in [0.1, 0.15) is 5.56 Å². The molecule has 1 heterocycles. The van der Waals surface area contributed by atoms with Crippen molar-refractivity contribution in [2.45, 2.75) is 9.96 Å². The van der Waals surface area contributed by atoms with Gasteiger partial charge in [0, 0.05) is 10.8 Å². The first-order valence-corrected chi connectivity index (χ1v) is 6.61.